The Hall–Kier alpha value is -2.55. The molecule has 0 unspecified atom stereocenters. The number of thioether (sulfide) groups is 1. The van der Waals surface area contributed by atoms with Crippen LogP contribution in [0.1, 0.15) is 30.1 Å². The second-order valence-electron chi connectivity index (χ2n) is 5.84. The number of hydrogen-bond donors (Lipinski definition) is 1. The van der Waals surface area contributed by atoms with Crippen LogP contribution in [0.15, 0.2) is 24.3 Å². The van der Waals surface area contributed by atoms with Gasteiger partial charge in [0, 0.05) is 5.69 Å². The van der Waals surface area contributed by atoms with Gasteiger partial charge in [-0.2, -0.15) is 0 Å². The third-order valence-corrected chi connectivity index (χ3v) is 4.59. The summed E-state index contributed by atoms with van der Waals surface area (Å²) in [4.78, 5) is 48.1. The third kappa shape index (κ3) is 6.93. The summed E-state index contributed by atoms with van der Waals surface area (Å²) < 4.78 is 9.98. The van der Waals surface area contributed by atoms with Crippen LogP contribution in [0.2, 0.25) is 0 Å². The maximum Gasteiger partial charge on any atom is 0.338 e. The number of ether oxygens (including phenoxy) is 2. The smallest absolute Gasteiger partial charge is 0.338 e. The molecule has 0 radical (unpaired) electrons. The van der Waals surface area contributed by atoms with Crippen molar-refractivity contribution >= 4 is 41.2 Å². The summed E-state index contributed by atoms with van der Waals surface area (Å²) in [6.45, 7) is 1.78. The van der Waals surface area contributed by atoms with Crippen LogP contribution in [0.4, 0.5) is 5.69 Å². The van der Waals surface area contributed by atoms with Gasteiger partial charge in [-0.15, -0.1) is 11.8 Å². The molecule has 0 bridgehead atoms. The maximum atomic E-state index is 11.8. The molecule has 0 spiro atoms. The highest BCUT2D eigenvalue weighted by atomic mass is 32.2. The Morgan fingerprint density at radius 3 is 2.56 bits per heavy atom. The molecule has 1 N–H and O–H groups in total. The zero-order chi connectivity index (χ0) is 19.6. The lowest BCUT2D eigenvalue weighted by molar-refractivity contribution is -0.150. The van der Waals surface area contributed by atoms with E-state index in [0.717, 1.165) is 12.8 Å². The van der Waals surface area contributed by atoms with Gasteiger partial charge in [0.2, 0.25) is 5.91 Å². The van der Waals surface area contributed by atoms with Gasteiger partial charge in [0.25, 0.3) is 5.91 Å². The van der Waals surface area contributed by atoms with Crippen LogP contribution < -0.4 is 5.32 Å². The van der Waals surface area contributed by atoms with Crippen LogP contribution >= 0.6 is 11.8 Å². The number of nitrogens with zero attached hydrogens (tertiary/aromatic N) is 1. The molecule has 1 aliphatic rings. The number of amides is 2. The van der Waals surface area contributed by atoms with Gasteiger partial charge in [0.1, 0.15) is 6.54 Å². The van der Waals surface area contributed by atoms with E-state index in [1.807, 2.05) is 6.92 Å². The Balaban J connectivity index is 1.72. The Morgan fingerprint density at radius 2 is 1.93 bits per heavy atom. The molecule has 8 nitrogen and oxygen atoms in total. The van der Waals surface area contributed by atoms with Gasteiger partial charge in [-0.1, -0.05) is 13.3 Å². The summed E-state index contributed by atoms with van der Waals surface area (Å²) in [6.07, 6.45) is 1.75. The van der Waals surface area contributed by atoms with E-state index >= 15 is 0 Å². The molecular formula is C18H22N2O6S. The standard InChI is InChI=1S/C18H22N2O6S/c1-2-3-8-25-18(24)13-4-6-14(7-5-13)19-15(21)10-26-17(23)9-20-12-27-11-16(20)22/h4-7H,2-3,8-12H2,1H3,(H,19,21). The predicted octanol–water partition coefficient (Wildman–Crippen LogP) is 1.66. The molecule has 1 saturated heterocycles. The molecule has 1 aliphatic heterocycles. The molecule has 27 heavy (non-hydrogen) atoms. The first kappa shape index (κ1) is 20.8. The molecule has 9 heteroatoms. The predicted molar refractivity (Wildman–Crippen MR) is 100 cm³/mol. The first-order chi connectivity index (χ1) is 13.0. The van der Waals surface area contributed by atoms with E-state index in [1.165, 1.54) is 16.7 Å². The van der Waals surface area contributed by atoms with Gasteiger partial charge in [-0.25, -0.2) is 4.79 Å². The van der Waals surface area contributed by atoms with E-state index in [1.54, 1.807) is 24.3 Å². The molecule has 0 atom stereocenters. The number of carbonyl (C=O) groups excluding carboxylic acids is 4. The van der Waals surface area contributed by atoms with Gasteiger partial charge < -0.3 is 19.7 Å². The average Bonchev–Trinajstić information content (AvgIpc) is 3.05. The molecule has 0 saturated carbocycles. The lowest BCUT2D eigenvalue weighted by Gasteiger charge is -2.13. The van der Waals surface area contributed by atoms with Crippen molar-refractivity contribution in [2.24, 2.45) is 0 Å². The number of nitrogens with one attached hydrogen (secondary N) is 1. The lowest BCUT2D eigenvalue weighted by atomic mass is 10.2. The number of rotatable bonds is 9. The Kier molecular flexibility index (Phi) is 8.12. The minimum Gasteiger partial charge on any atom is -0.462 e. The van der Waals surface area contributed by atoms with Gasteiger partial charge in [0.05, 0.1) is 23.8 Å². The maximum absolute atomic E-state index is 11.8. The zero-order valence-electron chi connectivity index (χ0n) is 15.1. The molecule has 146 valence electrons. The molecular weight excluding hydrogens is 372 g/mol. The largest absolute Gasteiger partial charge is 0.462 e. The highest BCUT2D eigenvalue weighted by Crippen LogP contribution is 2.14. The van der Waals surface area contributed by atoms with E-state index < -0.39 is 24.5 Å². The minimum atomic E-state index is -0.633. The van der Waals surface area contributed by atoms with E-state index in [0.29, 0.717) is 29.5 Å². The normalized spacial score (nSPS) is 13.4. The quantitative estimate of drug-likeness (QED) is 0.502. The van der Waals surface area contributed by atoms with Crippen molar-refractivity contribution in [3.05, 3.63) is 29.8 Å². The SMILES string of the molecule is CCCCOC(=O)c1ccc(NC(=O)COC(=O)CN2CSCC2=O)cc1. The average molecular weight is 394 g/mol. The lowest BCUT2D eigenvalue weighted by Crippen LogP contribution is -2.33. The molecule has 1 aromatic carbocycles. The highest BCUT2D eigenvalue weighted by Gasteiger charge is 2.23. The molecule has 1 aromatic rings. The fraction of sp³-hybridized carbons (Fsp3) is 0.444. The Morgan fingerprint density at radius 1 is 1.19 bits per heavy atom. The second kappa shape index (κ2) is 10.6. The first-order valence-corrected chi connectivity index (χ1v) is 9.73. The van der Waals surface area contributed by atoms with Crippen LogP contribution in [-0.2, 0) is 23.9 Å². The monoisotopic (exact) mass is 394 g/mol. The number of hydrogen-bond acceptors (Lipinski definition) is 7. The van der Waals surface area contributed by atoms with Crippen LogP contribution in [0.3, 0.4) is 0 Å². The van der Waals surface area contributed by atoms with Crippen molar-refractivity contribution in [3.8, 4) is 0 Å². The van der Waals surface area contributed by atoms with Gasteiger partial charge in [0.15, 0.2) is 6.61 Å². The van der Waals surface area contributed by atoms with Crippen LogP contribution in [-0.4, -0.2) is 60.0 Å². The summed E-state index contributed by atoms with van der Waals surface area (Å²) in [5.74, 6) is -0.863. The molecule has 2 amide bonds. The van der Waals surface area contributed by atoms with Crippen molar-refractivity contribution in [2.45, 2.75) is 19.8 Å². The molecule has 1 fully saturated rings. The van der Waals surface area contributed by atoms with Crippen LogP contribution in [0, 0.1) is 0 Å². The number of esters is 2. The Bertz CT molecular complexity index is 692. The Labute approximate surface area is 161 Å². The van der Waals surface area contributed by atoms with E-state index in [9.17, 15) is 19.2 Å². The van der Waals surface area contributed by atoms with Crippen LogP contribution in [0.5, 0.6) is 0 Å². The van der Waals surface area contributed by atoms with Gasteiger partial charge >= 0.3 is 11.9 Å². The molecule has 1 heterocycles. The molecule has 2 rings (SSSR count). The fourth-order valence-corrected chi connectivity index (χ4v) is 3.07. The van der Waals surface area contributed by atoms with Crippen molar-refractivity contribution in [1.82, 2.24) is 4.90 Å². The number of carbonyl (C=O) groups is 4. The first-order valence-electron chi connectivity index (χ1n) is 8.57. The van der Waals surface area contributed by atoms with Crippen molar-refractivity contribution in [3.63, 3.8) is 0 Å². The molecule has 0 aliphatic carbocycles. The zero-order valence-corrected chi connectivity index (χ0v) is 15.9. The van der Waals surface area contributed by atoms with E-state index in [2.05, 4.69) is 5.32 Å². The number of anilines is 1. The highest BCUT2D eigenvalue weighted by molar-refractivity contribution is 8.00. The summed E-state index contributed by atoms with van der Waals surface area (Å²) >= 11 is 1.42. The second-order valence-corrected chi connectivity index (χ2v) is 6.80. The number of unbranched alkanes of at least 4 members (excludes halogenated alkanes) is 1. The van der Waals surface area contributed by atoms with E-state index in [4.69, 9.17) is 9.47 Å². The van der Waals surface area contributed by atoms with Crippen molar-refractivity contribution in [1.29, 1.82) is 0 Å². The summed E-state index contributed by atoms with van der Waals surface area (Å²) in [5.41, 5.74) is 0.857. The van der Waals surface area contributed by atoms with Crippen LogP contribution in [0.25, 0.3) is 0 Å². The van der Waals surface area contributed by atoms with E-state index in [-0.39, 0.29) is 12.5 Å². The van der Waals surface area contributed by atoms with Gasteiger partial charge in [-0.3, -0.25) is 14.4 Å². The summed E-state index contributed by atoms with van der Waals surface area (Å²) in [5, 5.41) is 2.57. The minimum absolute atomic E-state index is 0.116. The molecule has 0 aromatic heterocycles. The third-order valence-electron chi connectivity index (χ3n) is 3.64. The van der Waals surface area contributed by atoms with Gasteiger partial charge in [-0.05, 0) is 30.7 Å². The summed E-state index contributed by atoms with van der Waals surface area (Å²) in [7, 11) is 0. The van der Waals surface area contributed by atoms with Crippen molar-refractivity contribution < 1.29 is 28.7 Å². The van der Waals surface area contributed by atoms with Crippen molar-refractivity contribution in [2.75, 3.05) is 36.7 Å². The summed E-state index contributed by atoms with van der Waals surface area (Å²) in [6, 6.07) is 6.23. The fourth-order valence-electron chi connectivity index (χ4n) is 2.17. The number of benzene rings is 1. The topological polar surface area (TPSA) is 102 Å².